The lowest BCUT2D eigenvalue weighted by atomic mass is 10.2. The highest BCUT2D eigenvalue weighted by molar-refractivity contribution is 7.14. The summed E-state index contributed by atoms with van der Waals surface area (Å²) < 4.78 is 0. The van der Waals surface area contributed by atoms with Crippen molar-refractivity contribution in [3.05, 3.63) is 75.5 Å². The molecule has 0 saturated heterocycles. The summed E-state index contributed by atoms with van der Waals surface area (Å²) in [5.74, 6) is 5.86. The molecule has 0 atom stereocenters. The number of carbonyl (C=O) groups excluding carboxylic acids is 1. The van der Waals surface area contributed by atoms with Gasteiger partial charge in [-0.3, -0.25) is 9.78 Å². The van der Waals surface area contributed by atoms with Crippen LogP contribution in [0.5, 0.6) is 5.75 Å². The van der Waals surface area contributed by atoms with E-state index in [-0.39, 0.29) is 11.7 Å². The molecule has 3 rings (SSSR count). The first-order chi connectivity index (χ1) is 12.1. The molecule has 5 nitrogen and oxygen atoms in total. The fourth-order valence-corrected chi connectivity index (χ4v) is 2.97. The number of carbonyl (C=O) groups is 1. The van der Waals surface area contributed by atoms with Gasteiger partial charge in [-0.15, -0.1) is 11.3 Å². The molecule has 25 heavy (non-hydrogen) atoms. The molecule has 0 radical (unpaired) electrons. The number of thiazole rings is 1. The second-order valence-electron chi connectivity index (χ2n) is 5.28. The third-order valence-corrected chi connectivity index (χ3v) is 4.41. The summed E-state index contributed by atoms with van der Waals surface area (Å²) in [7, 11) is 0. The molecule has 0 spiro atoms. The van der Waals surface area contributed by atoms with Gasteiger partial charge in [0.1, 0.15) is 10.6 Å². The van der Waals surface area contributed by atoms with Crippen molar-refractivity contribution >= 4 is 17.2 Å². The zero-order valence-electron chi connectivity index (χ0n) is 13.5. The topological polar surface area (TPSA) is 75.1 Å². The Morgan fingerprint density at radius 1 is 1.28 bits per heavy atom. The van der Waals surface area contributed by atoms with Crippen LogP contribution in [-0.2, 0) is 6.54 Å². The molecule has 0 fully saturated rings. The third-order valence-electron chi connectivity index (χ3n) is 3.34. The minimum Gasteiger partial charge on any atom is -0.508 e. The van der Waals surface area contributed by atoms with Crippen LogP contribution in [0, 0.1) is 18.8 Å². The van der Waals surface area contributed by atoms with Gasteiger partial charge in [-0.2, -0.15) is 0 Å². The molecular formula is C19H15N3O2S. The number of phenols is 1. The maximum Gasteiger partial charge on any atom is 0.263 e. The molecule has 0 aliphatic carbocycles. The summed E-state index contributed by atoms with van der Waals surface area (Å²) in [6.07, 6.45) is 3.40. The van der Waals surface area contributed by atoms with Crippen molar-refractivity contribution in [2.24, 2.45) is 0 Å². The van der Waals surface area contributed by atoms with Crippen molar-refractivity contribution < 1.29 is 9.90 Å². The number of aromatic nitrogens is 2. The molecule has 2 N–H and O–H groups in total. The van der Waals surface area contributed by atoms with Crippen LogP contribution in [0.1, 0.15) is 31.5 Å². The predicted octanol–water partition coefficient (Wildman–Crippen LogP) is 2.88. The van der Waals surface area contributed by atoms with Gasteiger partial charge in [-0.05, 0) is 42.7 Å². The van der Waals surface area contributed by atoms with Gasteiger partial charge >= 0.3 is 0 Å². The van der Waals surface area contributed by atoms with Gasteiger partial charge in [0.2, 0.25) is 0 Å². The lowest BCUT2D eigenvalue weighted by Crippen LogP contribution is -2.22. The molecule has 0 aliphatic heterocycles. The van der Waals surface area contributed by atoms with E-state index < -0.39 is 0 Å². The van der Waals surface area contributed by atoms with E-state index >= 15 is 0 Å². The van der Waals surface area contributed by atoms with E-state index in [9.17, 15) is 9.90 Å². The minimum absolute atomic E-state index is 0.164. The van der Waals surface area contributed by atoms with Crippen LogP contribution in [0.15, 0.2) is 48.8 Å². The molecule has 2 aromatic heterocycles. The number of rotatable bonds is 3. The van der Waals surface area contributed by atoms with Crippen LogP contribution in [0.3, 0.4) is 0 Å². The zero-order chi connectivity index (χ0) is 17.6. The van der Waals surface area contributed by atoms with Crippen molar-refractivity contribution in [2.45, 2.75) is 13.5 Å². The Morgan fingerprint density at radius 3 is 2.92 bits per heavy atom. The van der Waals surface area contributed by atoms with Gasteiger partial charge in [-0.25, -0.2) is 4.98 Å². The molecular weight excluding hydrogens is 334 g/mol. The van der Waals surface area contributed by atoms with E-state index in [0.29, 0.717) is 27.7 Å². The number of aryl methyl sites for hydroxylation is 1. The van der Waals surface area contributed by atoms with Gasteiger partial charge in [0, 0.05) is 24.5 Å². The fourth-order valence-electron chi connectivity index (χ4n) is 2.14. The van der Waals surface area contributed by atoms with Gasteiger partial charge in [0.05, 0.1) is 5.69 Å². The van der Waals surface area contributed by atoms with Gasteiger partial charge in [0.15, 0.2) is 5.01 Å². The SMILES string of the molecule is Cc1nc(C#Cc2cccc(O)c2)sc1C(=O)NCc1cccnc1. The molecule has 2 heterocycles. The van der Waals surface area contributed by atoms with E-state index in [1.807, 2.05) is 12.1 Å². The van der Waals surface area contributed by atoms with Gasteiger partial charge in [-0.1, -0.05) is 18.1 Å². The summed E-state index contributed by atoms with van der Waals surface area (Å²) in [6.45, 7) is 2.20. The molecule has 0 bridgehead atoms. The molecule has 0 saturated carbocycles. The lowest BCUT2D eigenvalue weighted by Gasteiger charge is -2.03. The van der Waals surface area contributed by atoms with Crippen molar-refractivity contribution in [2.75, 3.05) is 0 Å². The first-order valence-electron chi connectivity index (χ1n) is 7.57. The number of nitrogens with one attached hydrogen (secondary N) is 1. The van der Waals surface area contributed by atoms with Crippen LogP contribution in [0.4, 0.5) is 0 Å². The Labute approximate surface area is 149 Å². The van der Waals surface area contributed by atoms with Crippen molar-refractivity contribution in [1.29, 1.82) is 0 Å². The first kappa shape index (κ1) is 16.7. The second-order valence-corrected chi connectivity index (χ2v) is 6.28. The highest BCUT2D eigenvalue weighted by atomic mass is 32.1. The summed E-state index contributed by atoms with van der Waals surface area (Å²) in [5.41, 5.74) is 2.27. The largest absolute Gasteiger partial charge is 0.508 e. The van der Waals surface area contributed by atoms with Crippen LogP contribution in [0.2, 0.25) is 0 Å². The summed E-state index contributed by atoms with van der Waals surface area (Å²) in [6, 6.07) is 10.4. The van der Waals surface area contributed by atoms with E-state index in [4.69, 9.17) is 0 Å². The number of hydrogen-bond donors (Lipinski definition) is 2. The fraction of sp³-hybridized carbons (Fsp3) is 0.105. The zero-order valence-corrected chi connectivity index (χ0v) is 14.3. The highest BCUT2D eigenvalue weighted by Gasteiger charge is 2.14. The number of phenolic OH excluding ortho intramolecular Hbond substituents is 1. The van der Waals surface area contributed by atoms with E-state index in [2.05, 4.69) is 27.1 Å². The minimum atomic E-state index is -0.177. The van der Waals surface area contributed by atoms with Crippen molar-refractivity contribution in [3.8, 4) is 17.6 Å². The Hall–Kier alpha value is -3.17. The summed E-state index contributed by atoms with van der Waals surface area (Å²) in [5, 5.41) is 12.9. The normalized spacial score (nSPS) is 9.96. The van der Waals surface area contributed by atoms with Crippen molar-refractivity contribution in [3.63, 3.8) is 0 Å². The number of benzene rings is 1. The number of aromatic hydroxyl groups is 1. The smallest absolute Gasteiger partial charge is 0.263 e. The monoisotopic (exact) mass is 349 g/mol. The highest BCUT2D eigenvalue weighted by Crippen LogP contribution is 2.18. The number of amides is 1. The molecule has 6 heteroatoms. The molecule has 1 aromatic carbocycles. The number of hydrogen-bond acceptors (Lipinski definition) is 5. The quantitative estimate of drug-likeness (QED) is 0.713. The van der Waals surface area contributed by atoms with E-state index in [1.54, 1.807) is 43.6 Å². The van der Waals surface area contributed by atoms with E-state index in [0.717, 1.165) is 5.56 Å². The Bertz CT molecular complexity index is 956. The van der Waals surface area contributed by atoms with Crippen LogP contribution < -0.4 is 5.32 Å². The van der Waals surface area contributed by atoms with Gasteiger partial charge < -0.3 is 10.4 Å². The van der Waals surface area contributed by atoms with Crippen LogP contribution >= 0.6 is 11.3 Å². The summed E-state index contributed by atoms with van der Waals surface area (Å²) >= 11 is 1.25. The average Bonchev–Trinajstić information content (AvgIpc) is 3.00. The molecule has 0 aliphatic rings. The van der Waals surface area contributed by atoms with E-state index in [1.165, 1.54) is 11.3 Å². The molecule has 1 amide bonds. The summed E-state index contributed by atoms with van der Waals surface area (Å²) in [4.78, 5) is 21.2. The molecule has 124 valence electrons. The molecule has 3 aromatic rings. The van der Waals surface area contributed by atoms with Crippen LogP contribution in [-0.4, -0.2) is 21.0 Å². The molecule has 0 unspecified atom stereocenters. The van der Waals surface area contributed by atoms with Crippen molar-refractivity contribution in [1.82, 2.24) is 15.3 Å². The first-order valence-corrected chi connectivity index (χ1v) is 8.39. The lowest BCUT2D eigenvalue weighted by molar-refractivity contribution is 0.0954. The maximum atomic E-state index is 12.3. The predicted molar refractivity (Wildman–Crippen MR) is 96.3 cm³/mol. The standard InChI is InChI=1S/C19H15N3O2S/c1-13-18(19(24)21-12-15-5-3-9-20-11-15)25-17(22-13)8-7-14-4-2-6-16(23)10-14/h2-6,9-11,23H,12H2,1H3,(H,21,24). The second kappa shape index (κ2) is 7.60. The van der Waals surface area contributed by atoms with Crippen LogP contribution in [0.25, 0.3) is 0 Å². The number of nitrogens with zero attached hydrogens (tertiary/aromatic N) is 2. The Balaban J connectivity index is 1.71. The number of pyridine rings is 1. The maximum absolute atomic E-state index is 12.3. The Morgan fingerprint density at radius 2 is 2.16 bits per heavy atom. The van der Waals surface area contributed by atoms with Gasteiger partial charge in [0.25, 0.3) is 5.91 Å². The third kappa shape index (κ3) is 4.43. The Kier molecular flexibility index (Phi) is 5.07. The average molecular weight is 349 g/mol.